The van der Waals surface area contributed by atoms with Gasteiger partial charge in [-0.05, 0) is 30.7 Å². The Morgan fingerprint density at radius 3 is 2.95 bits per heavy atom. The number of hydrogen-bond acceptors (Lipinski definition) is 3. The summed E-state index contributed by atoms with van der Waals surface area (Å²) in [5.41, 5.74) is 1.34. The topological polar surface area (TPSA) is 46.9 Å². The fraction of sp³-hybridized carbons (Fsp3) is 0.231. The van der Waals surface area contributed by atoms with E-state index in [0.29, 0.717) is 11.3 Å². The fourth-order valence-corrected chi connectivity index (χ4v) is 2.31. The molecule has 0 unspecified atom stereocenters. The van der Waals surface area contributed by atoms with Crippen molar-refractivity contribution < 1.29 is 9.18 Å². The second kappa shape index (κ2) is 5.88. The first-order valence-electron chi connectivity index (χ1n) is 5.72. The van der Waals surface area contributed by atoms with E-state index in [0.717, 1.165) is 5.16 Å². The molecule has 6 heteroatoms. The number of amides is 1. The molecule has 0 aliphatic carbocycles. The molecule has 4 nitrogen and oxygen atoms in total. The summed E-state index contributed by atoms with van der Waals surface area (Å²) >= 11 is 1.36. The summed E-state index contributed by atoms with van der Waals surface area (Å²) in [7, 11) is 1.87. The molecule has 0 spiro atoms. The maximum atomic E-state index is 12.9. The first-order chi connectivity index (χ1) is 9.06. The Kier molecular flexibility index (Phi) is 4.21. The number of thioether (sulfide) groups is 1. The van der Waals surface area contributed by atoms with Gasteiger partial charge in [0.25, 0.3) is 0 Å². The van der Waals surface area contributed by atoms with Crippen LogP contribution in [-0.2, 0) is 11.8 Å². The summed E-state index contributed by atoms with van der Waals surface area (Å²) in [6.07, 6.45) is 3.51. The molecule has 0 aliphatic heterocycles. The van der Waals surface area contributed by atoms with Crippen molar-refractivity contribution in [2.75, 3.05) is 11.1 Å². The van der Waals surface area contributed by atoms with Crippen molar-refractivity contribution >= 4 is 23.4 Å². The number of carbonyl (C=O) groups excluding carboxylic acids is 1. The first-order valence-corrected chi connectivity index (χ1v) is 6.71. The van der Waals surface area contributed by atoms with Gasteiger partial charge in [0.2, 0.25) is 5.91 Å². The lowest BCUT2D eigenvalue weighted by Gasteiger charge is -2.08. The largest absolute Gasteiger partial charge is 0.329 e. The highest BCUT2D eigenvalue weighted by atomic mass is 32.2. The molecule has 0 saturated carbocycles. The van der Waals surface area contributed by atoms with Gasteiger partial charge >= 0.3 is 0 Å². The normalized spacial score (nSPS) is 10.5. The van der Waals surface area contributed by atoms with Gasteiger partial charge in [-0.3, -0.25) is 4.79 Å². The van der Waals surface area contributed by atoms with Crippen molar-refractivity contribution in [3.8, 4) is 0 Å². The van der Waals surface area contributed by atoms with Crippen LogP contribution in [0.3, 0.4) is 0 Å². The predicted octanol–water partition coefficient (Wildman–Crippen LogP) is 2.60. The predicted molar refractivity (Wildman–Crippen MR) is 73.7 cm³/mol. The highest BCUT2D eigenvalue weighted by Crippen LogP contribution is 2.18. The Morgan fingerprint density at radius 2 is 2.32 bits per heavy atom. The molecule has 1 aromatic heterocycles. The van der Waals surface area contributed by atoms with E-state index >= 15 is 0 Å². The minimum atomic E-state index is -0.308. The van der Waals surface area contributed by atoms with Gasteiger partial charge in [-0.1, -0.05) is 11.8 Å². The van der Waals surface area contributed by atoms with Gasteiger partial charge in [-0.25, -0.2) is 9.37 Å². The number of nitrogens with zero attached hydrogens (tertiary/aromatic N) is 2. The smallest absolute Gasteiger partial charge is 0.234 e. The van der Waals surface area contributed by atoms with Crippen molar-refractivity contribution in [3.63, 3.8) is 0 Å². The average Bonchev–Trinajstić information content (AvgIpc) is 2.76. The lowest BCUT2D eigenvalue weighted by molar-refractivity contribution is -0.113. The third-order valence-electron chi connectivity index (χ3n) is 2.57. The number of carbonyl (C=O) groups is 1. The summed E-state index contributed by atoms with van der Waals surface area (Å²) in [4.78, 5) is 15.9. The van der Waals surface area contributed by atoms with Crippen molar-refractivity contribution in [2.45, 2.75) is 12.1 Å². The Labute approximate surface area is 115 Å². The number of halogens is 1. The SMILES string of the molecule is Cc1cc(F)ccc1NC(=O)CSc1nccn1C. The van der Waals surface area contributed by atoms with Crippen molar-refractivity contribution in [1.82, 2.24) is 9.55 Å². The molecule has 0 aliphatic rings. The molecule has 1 aromatic carbocycles. The highest BCUT2D eigenvalue weighted by Gasteiger charge is 2.08. The van der Waals surface area contributed by atoms with E-state index in [2.05, 4.69) is 10.3 Å². The maximum Gasteiger partial charge on any atom is 0.234 e. The molecule has 0 bridgehead atoms. The van der Waals surface area contributed by atoms with Gasteiger partial charge < -0.3 is 9.88 Å². The zero-order valence-electron chi connectivity index (χ0n) is 10.7. The Bertz CT molecular complexity index is 597. The average molecular weight is 279 g/mol. The van der Waals surface area contributed by atoms with Gasteiger partial charge in [0.15, 0.2) is 5.16 Å². The number of imidazole rings is 1. The van der Waals surface area contributed by atoms with Gasteiger partial charge in [0.1, 0.15) is 5.82 Å². The number of anilines is 1. The molecule has 0 saturated heterocycles. The monoisotopic (exact) mass is 279 g/mol. The molecular formula is C13H14FN3OS. The third-order valence-corrected chi connectivity index (χ3v) is 3.63. The van der Waals surface area contributed by atoms with Gasteiger partial charge in [0, 0.05) is 25.1 Å². The molecule has 1 heterocycles. The van der Waals surface area contributed by atoms with E-state index in [-0.39, 0.29) is 17.5 Å². The molecule has 100 valence electrons. The number of nitrogens with one attached hydrogen (secondary N) is 1. The summed E-state index contributed by atoms with van der Waals surface area (Å²) in [5, 5.41) is 3.54. The Morgan fingerprint density at radius 1 is 1.53 bits per heavy atom. The zero-order chi connectivity index (χ0) is 13.8. The van der Waals surface area contributed by atoms with Crippen LogP contribution < -0.4 is 5.32 Å². The lowest BCUT2D eigenvalue weighted by Crippen LogP contribution is -2.15. The van der Waals surface area contributed by atoms with E-state index in [4.69, 9.17) is 0 Å². The molecule has 1 N–H and O–H groups in total. The number of benzene rings is 1. The minimum Gasteiger partial charge on any atom is -0.329 e. The molecule has 2 aromatic rings. The number of hydrogen-bond donors (Lipinski definition) is 1. The Balaban J connectivity index is 1.93. The molecule has 0 radical (unpaired) electrons. The van der Waals surface area contributed by atoms with Crippen molar-refractivity contribution in [3.05, 3.63) is 42.0 Å². The molecule has 0 atom stereocenters. The van der Waals surface area contributed by atoms with E-state index in [1.807, 2.05) is 17.8 Å². The van der Waals surface area contributed by atoms with Crippen LogP contribution in [0.1, 0.15) is 5.56 Å². The van der Waals surface area contributed by atoms with Crippen LogP contribution in [0.5, 0.6) is 0 Å². The van der Waals surface area contributed by atoms with E-state index in [9.17, 15) is 9.18 Å². The lowest BCUT2D eigenvalue weighted by atomic mass is 10.2. The standard InChI is InChI=1S/C13H14FN3OS/c1-9-7-10(14)3-4-11(9)16-12(18)8-19-13-15-5-6-17(13)2/h3-7H,8H2,1-2H3,(H,16,18). The van der Waals surface area contributed by atoms with E-state index in [1.54, 1.807) is 19.2 Å². The second-order valence-corrected chi connectivity index (χ2v) is 5.06. The summed E-state index contributed by atoms with van der Waals surface area (Å²) in [5.74, 6) is -0.178. The van der Waals surface area contributed by atoms with Crippen LogP contribution in [0, 0.1) is 12.7 Å². The van der Waals surface area contributed by atoms with Crippen LogP contribution in [0.2, 0.25) is 0 Å². The number of aryl methyl sites for hydroxylation is 2. The van der Waals surface area contributed by atoms with Crippen LogP contribution in [0.25, 0.3) is 0 Å². The zero-order valence-corrected chi connectivity index (χ0v) is 11.5. The van der Waals surface area contributed by atoms with E-state index in [1.165, 1.54) is 23.9 Å². The van der Waals surface area contributed by atoms with Crippen LogP contribution in [0.15, 0.2) is 35.7 Å². The first kappa shape index (κ1) is 13.6. The summed E-state index contributed by atoms with van der Waals surface area (Å²) in [6, 6.07) is 4.28. The molecule has 19 heavy (non-hydrogen) atoms. The summed E-state index contributed by atoms with van der Waals surface area (Å²) < 4.78 is 14.8. The fourth-order valence-electron chi connectivity index (χ4n) is 1.57. The van der Waals surface area contributed by atoms with Crippen LogP contribution in [0.4, 0.5) is 10.1 Å². The quantitative estimate of drug-likeness (QED) is 0.875. The maximum absolute atomic E-state index is 12.9. The van der Waals surface area contributed by atoms with Gasteiger partial charge in [-0.2, -0.15) is 0 Å². The molecule has 1 amide bonds. The van der Waals surface area contributed by atoms with Gasteiger partial charge in [-0.15, -0.1) is 0 Å². The molecular weight excluding hydrogens is 265 g/mol. The number of aromatic nitrogens is 2. The summed E-state index contributed by atoms with van der Waals surface area (Å²) in [6.45, 7) is 1.75. The van der Waals surface area contributed by atoms with Crippen LogP contribution in [-0.4, -0.2) is 21.2 Å². The molecule has 2 rings (SSSR count). The van der Waals surface area contributed by atoms with Gasteiger partial charge in [0.05, 0.1) is 5.75 Å². The minimum absolute atomic E-state index is 0.136. The van der Waals surface area contributed by atoms with Crippen molar-refractivity contribution in [1.29, 1.82) is 0 Å². The second-order valence-electron chi connectivity index (χ2n) is 4.12. The third kappa shape index (κ3) is 3.57. The van der Waals surface area contributed by atoms with Crippen LogP contribution >= 0.6 is 11.8 Å². The number of rotatable bonds is 4. The highest BCUT2D eigenvalue weighted by molar-refractivity contribution is 7.99. The molecule has 0 fully saturated rings. The van der Waals surface area contributed by atoms with Crippen molar-refractivity contribution in [2.24, 2.45) is 7.05 Å². The van der Waals surface area contributed by atoms with E-state index < -0.39 is 0 Å². The Hall–Kier alpha value is -1.82.